The lowest BCUT2D eigenvalue weighted by atomic mass is 10.2. The second-order valence-corrected chi connectivity index (χ2v) is 7.68. The van der Waals surface area contributed by atoms with Crippen molar-refractivity contribution < 1.29 is 22.7 Å². The summed E-state index contributed by atoms with van der Waals surface area (Å²) < 4.78 is 31.3. The zero-order valence-electron chi connectivity index (χ0n) is 11.0. The Morgan fingerprint density at radius 3 is 2.86 bits per heavy atom. The molecule has 0 fully saturated rings. The highest BCUT2D eigenvalue weighted by Gasteiger charge is 2.22. The molecule has 1 aliphatic rings. The maximum Gasteiger partial charge on any atom is 0.371 e. The average molecular weight is 327 g/mol. The number of rotatable bonds is 5. The summed E-state index contributed by atoms with van der Waals surface area (Å²) in [7, 11) is -3.84. The van der Waals surface area contributed by atoms with Gasteiger partial charge < -0.3 is 9.52 Å². The smallest absolute Gasteiger partial charge is 0.371 e. The van der Waals surface area contributed by atoms with Crippen LogP contribution in [0.15, 0.2) is 27.7 Å². The maximum absolute atomic E-state index is 12.0. The summed E-state index contributed by atoms with van der Waals surface area (Å²) in [6.07, 6.45) is 3.28. The lowest BCUT2D eigenvalue weighted by Crippen LogP contribution is -2.22. The number of carboxylic acids is 1. The van der Waals surface area contributed by atoms with Crippen molar-refractivity contribution in [2.24, 2.45) is 0 Å². The number of sulfonamides is 1. The number of carboxylic acid groups (broad SMARTS) is 1. The van der Waals surface area contributed by atoms with Crippen LogP contribution in [0.2, 0.25) is 0 Å². The molecule has 0 unspecified atom stereocenters. The number of thiophene rings is 1. The first kappa shape index (κ1) is 14.3. The fraction of sp³-hybridized carbons (Fsp3) is 0.308. The molecule has 2 aromatic heterocycles. The van der Waals surface area contributed by atoms with Crippen molar-refractivity contribution >= 4 is 27.3 Å². The predicted molar refractivity (Wildman–Crippen MR) is 76.0 cm³/mol. The molecule has 0 radical (unpaired) electrons. The van der Waals surface area contributed by atoms with E-state index >= 15 is 0 Å². The van der Waals surface area contributed by atoms with Crippen LogP contribution in [0, 0.1) is 0 Å². The first-order valence-electron chi connectivity index (χ1n) is 6.39. The molecule has 0 bridgehead atoms. The van der Waals surface area contributed by atoms with Crippen LogP contribution >= 0.6 is 11.3 Å². The summed E-state index contributed by atoms with van der Waals surface area (Å²) in [6.45, 7) is 0.184. The van der Waals surface area contributed by atoms with E-state index in [1.807, 2.05) is 6.07 Å². The Kier molecular flexibility index (Phi) is 3.60. The molecule has 0 aromatic carbocycles. The maximum atomic E-state index is 12.0. The zero-order valence-corrected chi connectivity index (χ0v) is 12.6. The monoisotopic (exact) mass is 327 g/mol. The topological polar surface area (TPSA) is 96.6 Å². The number of aryl methyl sites for hydroxylation is 2. The van der Waals surface area contributed by atoms with Crippen molar-refractivity contribution in [2.45, 2.75) is 30.9 Å². The van der Waals surface area contributed by atoms with E-state index in [0.717, 1.165) is 36.3 Å². The summed E-state index contributed by atoms with van der Waals surface area (Å²) in [5.74, 6) is -1.70. The first-order chi connectivity index (χ1) is 9.95. The van der Waals surface area contributed by atoms with E-state index in [0.29, 0.717) is 0 Å². The summed E-state index contributed by atoms with van der Waals surface area (Å²) in [6, 6.07) is 4.29. The van der Waals surface area contributed by atoms with E-state index in [2.05, 4.69) is 4.72 Å². The molecule has 0 saturated carbocycles. The van der Waals surface area contributed by atoms with Crippen LogP contribution in [0.5, 0.6) is 0 Å². The molecule has 0 aliphatic heterocycles. The van der Waals surface area contributed by atoms with E-state index in [4.69, 9.17) is 9.52 Å². The highest BCUT2D eigenvalue weighted by atomic mass is 32.2. The quantitative estimate of drug-likeness (QED) is 0.875. The molecule has 0 saturated heterocycles. The molecular weight excluding hydrogens is 314 g/mol. The van der Waals surface area contributed by atoms with Gasteiger partial charge >= 0.3 is 5.97 Å². The number of fused-ring (bicyclic) bond motifs is 1. The SMILES string of the molecule is O=C(O)c1ccc(S(=O)(=O)NCc2cc3c(s2)CCC3)o1. The summed E-state index contributed by atoms with van der Waals surface area (Å²) in [5, 5.41) is 8.35. The number of furan rings is 1. The molecule has 2 heterocycles. The Morgan fingerprint density at radius 2 is 2.19 bits per heavy atom. The highest BCUT2D eigenvalue weighted by Crippen LogP contribution is 2.30. The van der Waals surface area contributed by atoms with Gasteiger partial charge in [-0.05, 0) is 43.0 Å². The molecule has 2 aromatic rings. The standard InChI is InChI=1S/C13H13NO5S2/c15-13(16)10-4-5-12(19-10)21(17,18)14-7-9-6-8-2-1-3-11(8)20-9/h4-6,14H,1-3,7H2,(H,15,16). The predicted octanol–water partition coefficient (Wildman–Crippen LogP) is 2.01. The van der Waals surface area contributed by atoms with Gasteiger partial charge in [0.1, 0.15) is 0 Å². The molecule has 2 N–H and O–H groups in total. The molecule has 112 valence electrons. The van der Waals surface area contributed by atoms with Crippen molar-refractivity contribution in [1.29, 1.82) is 0 Å². The molecule has 0 spiro atoms. The third kappa shape index (κ3) is 2.87. The van der Waals surface area contributed by atoms with Gasteiger partial charge in [-0.15, -0.1) is 11.3 Å². The van der Waals surface area contributed by atoms with Gasteiger partial charge in [0.05, 0.1) is 0 Å². The summed E-state index contributed by atoms with van der Waals surface area (Å²) >= 11 is 1.62. The van der Waals surface area contributed by atoms with E-state index in [1.165, 1.54) is 10.4 Å². The minimum Gasteiger partial charge on any atom is -0.475 e. The second-order valence-electron chi connectivity index (χ2n) is 4.76. The lowest BCUT2D eigenvalue weighted by molar-refractivity contribution is 0.0656. The van der Waals surface area contributed by atoms with Gasteiger partial charge in [0, 0.05) is 16.3 Å². The van der Waals surface area contributed by atoms with Crippen molar-refractivity contribution in [3.63, 3.8) is 0 Å². The Morgan fingerprint density at radius 1 is 1.38 bits per heavy atom. The van der Waals surface area contributed by atoms with Gasteiger partial charge in [0.15, 0.2) is 0 Å². The fourth-order valence-corrected chi connectivity index (χ4v) is 4.52. The van der Waals surface area contributed by atoms with Crippen LogP contribution in [0.3, 0.4) is 0 Å². The Balaban J connectivity index is 1.71. The number of hydrogen-bond acceptors (Lipinski definition) is 5. The Hall–Kier alpha value is -1.64. The number of carbonyl (C=O) groups is 1. The molecule has 8 heteroatoms. The van der Waals surface area contributed by atoms with Gasteiger partial charge in [-0.3, -0.25) is 0 Å². The van der Waals surface area contributed by atoms with E-state index in [-0.39, 0.29) is 11.6 Å². The van der Waals surface area contributed by atoms with Gasteiger partial charge in [0.25, 0.3) is 10.0 Å². The van der Waals surface area contributed by atoms with Crippen LogP contribution in [0.4, 0.5) is 0 Å². The molecule has 1 aliphatic carbocycles. The highest BCUT2D eigenvalue weighted by molar-refractivity contribution is 7.89. The van der Waals surface area contributed by atoms with Crippen molar-refractivity contribution in [3.8, 4) is 0 Å². The Bertz CT molecular complexity index is 766. The number of aromatic carboxylic acids is 1. The summed E-state index contributed by atoms with van der Waals surface area (Å²) in [4.78, 5) is 13.0. The van der Waals surface area contributed by atoms with Crippen LogP contribution in [0.1, 0.15) is 32.3 Å². The largest absolute Gasteiger partial charge is 0.475 e. The van der Waals surface area contributed by atoms with E-state index in [9.17, 15) is 13.2 Å². The Labute approximate surface area is 125 Å². The van der Waals surface area contributed by atoms with Crippen molar-refractivity contribution in [2.75, 3.05) is 0 Å². The van der Waals surface area contributed by atoms with Crippen molar-refractivity contribution in [3.05, 3.63) is 39.3 Å². The van der Waals surface area contributed by atoms with Gasteiger partial charge in [-0.25, -0.2) is 17.9 Å². The van der Waals surface area contributed by atoms with Crippen LogP contribution in [0.25, 0.3) is 0 Å². The van der Waals surface area contributed by atoms with Gasteiger partial charge in [0.2, 0.25) is 10.9 Å². The van der Waals surface area contributed by atoms with Crippen LogP contribution in [-0.2, 0) is 29.4 Å². The van der Waals surface area contributed by atoms with Gasteiger partial charge in [-0.2, -0.15) is 0 Å². The fourth-order valence-electron chi connectivity index (χ4n) is 2.29. The third-order valence-corrected chi connectivity index (χ3v) is 5.80. The summed E-state index contributed by atoms with van der Waals surface area (Å²) in [5.41, 5.74) is 1.31. The molecule has 0 atom stereocenters. The zero-order chi connectivity index (χ0) is 15.0. The third-order valence-electron chi connectivity index (χ3n) is 3.29. The molecule has 0 amide bonds. The van der Waals surface area contributed by atoms with Crippen LogP contribution < -0.4 is 4.72 Å². The van der Waals surface area contributed by atoms with Crippen LogP contribution in [-0.4, -0.2) is 19.5 Å². The second kappa shape index (κ2) is 5.28. The lowest BCUT2D eigenvalue weighted by Gasteiger charge is -2.02. The molecular formula is C13H13NO5S2. The van der Waals surface area contributed by atoms with Crippen molar-refractivity contribution in [1.82, 2.24) is 4.72 Å². The van der Waals surface area contributed by atoms with E-state index < -0.39 is 21.8 Å². The van der Waals surface area contributed by atoms with E-state index in [1.54, 1.807) is 11.3 Å². The normalized spacial score (nSPS) is 14.3. The number of nitrogens with one attached hydrogen (secondary N) is 1. The first-order valence-corrected chi connectivity index (χ1v) is 8.69. The molecule has 3 rings (SSSR count). The average Bonchev–Trinajstić information content (AvgIpc) is 3.11. The minimum absolute atomic E-state index is 0.184. The number of hydrogen-bond donors (Lipinski definition) is 2. The van der Waals surface area contributed by atoms with Gasteiger partial charge in [-0.1, -0.05) is 0 Å². The minimum atomic E-state index is -3.84. The molecule has 6 nitrogen and oxygen atoms in total. The molecule has 21 heavy (non-hydrogen) atoms.